The first-order chi connectivity index (χ1) is 14.4. The van der Waals surface area contributed by atoms with Gasteiger partial charge >= 0.3 is 0 Å². The number of benzene rings is 1. The molecule has 1 aliphatic heterocycles. The van der Waals surface area contributed by atoms with Crippen LogP contribution in [0.25, 0.3) is 0 Å². The summed E-state index contributed by atoms with van der Waals surface area (Å²) in [6.45, 7) is 12.0. The van der Waals surface area contributed by atoms with E-state index in [-0.39, 0.29) is 44.6 Å². The molecule has 0 atom stereocenters. The second kappa shape index (κ2) is 24.9. The maximum Gasteiger partial charge on any atom is 0.279 e. The Kier molecular flexibility index (Phi) is 28.8. The number of hydrogen-bond donors (Lipinski definition) is 4. The number of nitrogens with zero attached hydrogens (tertiary/aromatic N) is 2. The molecule has 0 aliphatic carbocycles. The van der Waals surface area contributed by atoms with Gasteiger partial charge in [-0.15, -0.1) is 0 Å². The molecule has 0 unspecified atom stereocenters. The summed E-state index contributed by atoms with van der Waals surface area (Å²) in [7, 11) is 2.67. The molecule has 1 radical (unpaired) electrons. The van der Waals surface area contributed by atoms with Gasteiger partial charge in [0.2, 0.25) is 0 Å². The molecule has 1 heterocycles. The zero-order valence-electron chi connectivity index (χ0n) is 19.9. The van der Waals surface area contributed by atoms with Gasteiger partial charge in [-0.05, 0) is 42.0 Å². The number of hydrogen-bond acceptors (Lipinski definition) is 8. The average molecular weight is 553 g/mol. The van der Waals surface area contributed by atoms with Gasteiger partial charge in [-0.2, -0.15) is 5.06 Å². The van der Waals surface area contributed by atoms with Crippen molar-refractivity contribution < 1.29 is 52.9 Å². The van der Waals surface area contributed by atoms with E-state index in [9.17, 15) is 10.0 Å². The van der Waals surface area contributed by atoms with Crippen molar-refractivity contribution >= 4 is 28.9 Å². The van der Waals surface area contributed by atoms with E-state index in [0.29, 0.717) is 12.5 Å². The van der Waals surface area contributed by atoms with E-state index in [1.807, 2.05) is 38.1 Å². The van der Waals surface area contributed by atoms with Crippen LogP contribution in [0.4, 0.5) is 4.79 Å². The van der Waals surface area contributed by atoms with Gasteiger partial charge in [0, 0.05) is 83.7 Å². The van der Waals surface area contributed by atoms with Crippen molar-refractivity contribution in [3.05, 3.63) is 29.8 Å². The summed E-state index contributed by atoms with van der Waals surface area (Å²) < 4.78 is 2.34. The van der Waals surface area contributed by atoms with Crippen LogP contribution in [-0.2, 0) is 39.3 Å². The molecule has 2 rings (SSSR count). The van der Waals surface area contributed by atoms with Crippen LogP contribution >= 0.6 is 23.7 Å². The van der Waals surface area contributed by atoms with E-state index >= 15 is 0 Å². The molecular weight excluding hydrogens is 511 g/mol. The minimum Gasteiger partial charge on any atom is -0.400 e. The van der Waals surface area contributed by atoms with Crippen molar-refractivity contribution in [3.63, 3.8) is 0 Å². The molecule has 179 valence electrons. The minimum absolute atomic E-state index is 0. The molecule has 1 aromatic rings. The van der Waals surface area contributed by atoms with Crippen LogP contribution in [0.5, 0.6) is 0 Å². The minimum atomic E-state index is 0. The first kappa shape index (κ1) is 35.9. The van der Waals surface area contributed by atoms with Gasteiger partial charge in [0.15, 0.2) is 0 Å². The summed E-state index contributed by atoms with van der Waals surface area (Å²) in [5.41, 5.74) is 0.937. The SMILES string of the molecule is CC.CC(C)CN(CCCN(C)O)Sc1ccc(CO)cc1.CO.O=C1NCCS1.[Y]. The van der Waals surface area contributed by atoms with Gasteiger partial charge in [-0.25, -0.2) is 4.31 Å². The monoisotopic (exact) mass is 552 g/mol. The maximum atomic E-state index is 10.1. The number of nitrogens with one attached hydrogen (secondary N) is 1. The Morgan fingerprint density at radius 2 is 1.74 bits per heavy atom. The number of hydroxylamine groups is 2. The molecule has 31 heavy (non-hydrogen) atoms. The molecule has 0 aromatic heterocycles. The molecule has 7 nitrogen and oxygen atoms in total. The first-order valence-electron chi connectivity index (χ1n) is 10.3. The summed E-state index contributed by atoms with van der Waals surface area (Å²) in [6, 6.07) is 8.00. The maximum absolute atomic E-state index is 10.1. The van der Waals surface area contributed by atoms with E-state index in [0.717, 1.165) is 44.5 Å². The average Bonchev–Trinajstić information content (AvgIpc) is 3.22. The number of aliphatic hydroxyl groups excluding tert-OH is 2. The van der Waals surface area contributed by atoms with Gasteiger partial charge in [0.25, 0.3) is 5.24 Å². The van der Waals surface area contributed by atoms with E-state index in [4.69, 9.17) is 10.2 Å². The van der Waals surface area contributed by atoms with E-state index in [2.05, 4.69) is 23.5 Å². The quantitative estimate of drug-likeness (QED) is 0.271. The normalized spacial score (nSPS) is 12.1. The van der Waals surface area contributed by atoms with Crippen LogP contribution in [0, 0.1) is 5.92 Å². The van der Waals surface area contributed by atoms with Crippen LogP contribution in [0.2, 0.25) is 0 Å². The largest absolute Gasteiger partial charge is 0.400 e. The van der Waals surface area contributed by atoms with Crippen molar-refractivity contribution in [1.29, 1.82) is 0 Å². The fraction of sp³-hybridized carbons (Fsp3) is 0.667. The van der Waals surface area contributed by atoms with Gasteiger partial charge in [0.1, 0.15) is 0 Å². The molecule has 1 saturated heterocycles. The Morgan fingerprint density at radius 1 is 1.16 bits per heavy atom. The third-order valence-electron chi connectivity index (χ3n) is 3.40. The fourth-order valence-corrected chi connectivity index (χ4v) is 3.95. The number of aliphatic hydroxyl groups is 2. The van der Waals surface area contributed by atoms with Crippen LogP contribution in [0.3, 0.4) is 0 Å². The van der Waals surface area contributed by atoms with Gasteiger partial charge in [-0.3, -0.25) is 4.79 Å². The molecule has 1 amide bonds. The van der Waals surface area contributed by atoms with E-state index < -0.39 is 0 Å². The van der Waals surface area contributed by atoms with Crippen molar-refractivity contribution in [1.82, 2.24) is 14.7 Å². The van der Waals surface area contributed by atoms with Crippen molar-refractivity contribution in [2.24, 2.45) is 5.92 Å². The first-order valence-corrected chi connectivity index (χ1v) is 12.0. The van der Waals surface area contributed by atoms with Crippen molar-refractivity contribution in [2.45, 2.75) is 45.6 Å². The zero-order chi connectivity index (χ0) is 23.4. The smallest absolute Gasteiger partial charge is 0.279 e. The summed E-state index contributed by atoms with van der Waals surface area (Å²) in [5.74, 6) is 1.55. The van der Waals surface area contributed by atoms with E-state index in [1.165, 1.54) is 21.7 Å². The van der Waals surface area contributed by atoms with E-state index in [1.54, 1.807) is 19.0 Å². The molecule has 4 N–H and O–H groups in total. The molecule has 0 bridgehead atoms. The fourth-order valence-electron chi connectivity index (χ4n) is 2.21. The summed E-state index contributed by atoms with van der Waals surface area (Å²) >= 11 is 3.09. The third kappa shape index (κ3) is 21.9. The standard InChI is InChI=1S/C15H26N2O2S.C3H5NOS.C2H6.CH4O.Y/c1-13(2)11-17(10-4-9-16(3)19)20-15-7-5-14(12-18)6-8-15;5-3-4-1-2-6-3;2*1-2;/h5-8,13,18-19H,4,9-12H2,1-3H3;1-2H2,(H,4,5);1-2H3;2H,1H3;. The van der Waals surface area contributed by atoms with Gasteiger partial charge in [0.05, 0.1) is 6.61 Å². The Hall–Kier alpha value is 0.294. The van der Waals surface area contributed by atoms with Crippen LogP contribution in [-0.4, -0.2) is 76.1 Å². The Balaban J connectivity index is -0.000000596. The number of thioether (sulfide) groups is 1. The Bertz CT molecular complexity index is 516. The van der Waals surface area contributed by atoms with Crippen LogP contribution in [0.1, 0.15) is 39.7 Å². The van der Waals surface area contributed by atoms with Crippen LogP contribution in [0.15, 0.2) is 29.2 Å². The molecular formula is C21H41N3O4S2Y. The zero-order valence-corrected chi connectivity index (χ0v) is 24.3. The second-order valence-corrected chi connectivity index (χ2v) is 8.71. The predicted molar refractivity (Wildman–Crippen MR) is 129 cm³/mol. The Labute approximate surface area is 222 Å². The summed E-state index contributed by atoms with van der Waals surface area (Å²) in [4.78, 5) is 11.3. The molecule has 0 spiro atoms. The molecule has 10 heteroatoms. The predicted octanol–water partition coefficient (Wildman–Crippen LogP) is 3.93. The van der Waals surface area contributed by atoms with Gasteiger partial charge < -0.3 is 20.7 Å². The summed E-state index contributed by atoms with van der Waals surface area (Å²) in [5, 5.41) is 29.2. The van der Waals surface area contributed by atoms with Gasteiger partial charge in [-0.1, -0.05) is 51.6 Å². The molecule has 1 aliphatic rings. The van der Waals surface area contributed by atoms with Crippen molar-refractivity contribution in [2.75, 3.05) is 46.1 Å². The second-order valence-electron chi connectivity index (χ2n) is 6.47. The third-order valence-corrected chi connectivity index (χ3v) is 5.29. The number of carbonyl (C=O) groups excluding carboxylic acids is 1. The number of carbonyl (C=O) groups is 1. The van der Waals surface area contributed by atoms with Crippen LogP contribution < -0.4 is 5.32 Å². The Morgan fingerprint density at radius 3 is 2.10 bits per heavy atom. The summed E-state index contributed by atoms with van der Waals surface area (Å²) in [6.07, 6.45) is 0.932. The molecule has 1 fully saturated rings. The number of rotatable bonds is 9. The topological polar surface area (TPSA) is 96.3 Å². The molecule has 0 saturated carbocycles. The number of amides is 1. The van der Waals surface area contributed by atoms with Crippen molar-refractivity contribution in [3.8, 4) is 0 Å². The molecule has 1 aromatic carbocycles.